The molecule has 0 aliphatic carbocycles. The van der Waals surface area contributed by atoms with E-state index in [1.54, 1.807) is 17.0 Å². The van der Waals surface area contributed by atoms with E-state index in [9.17, 15) is 4.79 Å². The summed E-state index contributed by atoms with van der Waals surface area (Å²) in [7, 11) is 0. The molecule has 0 atom stereocenters. The molecule has 0 radical (unpaired) electrons. The predicted molar refractivity (Wildman–Crippen MR) is 152 cm³/mol. The number of amides is 1. The quantitative estimate of drug-likeness (QED) is 0.264. The van der Waals surface area contributed by atoms with E-state index in [0.29, 0.717) is 72.4 Å². The van der Waals surface area contributed by atoms with Crippen LogP contribution in [0.15, 0.2) is 24.3 Å². The van der Waals surface area contributed by atoms with Crippen LogP contribution < -0.4 is 28.6 Å². The van der Waals surface area contributed by atoms with Gasteiger partial charge in [0.05, 0.1) is 30.0 Å². The van der Waals surface area contributed by atoms with Crippen LogP contribution in [0.4, 0.5) is 5.13 Å². The normalized spacial score (nSPS) is 11.9. The van der Waals surface area contributed by atoms with Crippen LogP contribution in [0.5, 0.6) is 28.7 Å². The largest absolute Gasteiger partial charge is 0.490 e. The molecule has 2 aromatic carbocycles. The molecular formula is C27H36ClN3O6S. The van der Waals surface area contributed by atoms with Crippen molar-refractivity contribution in [3.63, 3.8) is 0 Å². The van der Waals surface area contributed by atoms with Crippen molar-refractivity contribution in [2.75, 3.05) is 57.7 Å². The molecular weight excluding hydrogens is 530 g/mol. The molecule has 11 heteroatoms. The van der Waals surface area contributed by atoms with Crippen molar-refractivity contribution in [1.82, 2.24) is 9.88 Å². The van der Waals surface area contributed by atoms with Crippen LogP contribution in [-0.4, -0.2) is 68.6 Å². The van der Waals surface area contributed by atoms with E-state index in [0.717, 1.165) is 23.3 Å². The summed E-state index contributed by atoms with van der Waals surface area (Å²) in [6.07, 6.45) is 0. The number of halogens is 1. The number of fused-ring (bicyclic) bond motifs is 2. The number of thiazole rings is 1. The fourth-order valence-electron chi connectivity index (χ4n) is 4.15. The van der Waals surface area contributed by atoms with Crippen molar-refractivity contribution in [1.29, 1.82) is 0 Å². The molecule has 0 saturated carbocycles. The van der Waals surface area contributed by atoms with Crippen LogP contribution in [0.3, 0.4) is 0 Å². The number of hydrogen-bond donors (Lipinski definition) is 0. The van der Waals surface area contributed by atoms with Crippen LogP contribution in [-0.2, 0) is 0 Å². The maximum Gasteiger partial charge on any atom is 0.260 e. The first kappa shape index (κ1) is 29.6. The Labute approximate surface area is 234 Å². The van der Waals surface area contributed by atoms with Gasteiger partial charge in [-0.05, 0) is 46.0 Å². The van der Waals surface area contributed by atoms with E-state index < -0.39 is 0 Å². The fourth-order valence-corrected chi connectivity index (χ4v) is 5.15. The monoisotopic (exact) mass is 565 g/mol. The lowest BCUT2D eigenvalue weighted by Gasteiger charge is -2.25. The Bertz CT molecular complexity index is 1160. The zero-order valence-corrected chi connectivity index (χ0v) is 24.2. The third kappa shape index (κ3) is 6.36. The second-order valence-corrected chi connectivity index (χ2v) is 9.26. The van der Waals surface area contributed by atoms with Gasteiger partial charge >= 0.3 is 0 Å². The molecule has 38 heavy (non-hydrogen) atoms. The van der Waals surface area contributed by atoms with Gasteiger partial charge in [0.25, 0.3) is 5.91 Å². The summed E-state index contributed by atoms with van der Waals surface area (Å²) in [6.45, 7) is 14.4. The average Bonchev–Trinajstić information content (AvgIpc) is 3.52. The van der Waals surface area contributed by atoms with E-state index in [2.05, 4.69) is 18.7 Å². The van der Waals surface area contributed by atoms with E-state index in [1.807, 2.05) is 32.9 Å². The first-order chi connectivity index (χ1) is 18.0. The summed E-state index contributed by atoms with van der Waals surface area (Å²) >= 11 is 1.45. The van der Waals surface area contributed by atoms with Crippen molar-refractivity contribution in [3.05, 3.63) is 29.8 Å². The Kier molecular flexibility index (Phi) is 10.7. The van der Waals surface area contributed by atoms with Gasteiger partial charge in [0.2, 0.25) is 12.5 Å². The van der Waals surface area contributed by atoms with Gasteiger partial charge in [-0.2, -0.15) is 0 Å². The smallest absolute Gasteiger partial charge is 0.260 e. The Morgan fingerprint density at radius 2 is 1.50 bits per heavy atom. The van der Waals surface area contributed by atoms with Crippen LogP contribution in [0.2, 0.25) is 0 Å². The zero-order valence-electron chi connectivity index (χ0n) is 22.6. The highest BCUT2D eigenvalue weighted by atomic mass is 35.5. The van der Waals surface area contributed by atoms with Gasteiger partial charge in [-0.25, -0.2) is 4.98 Å². The third-order valence-corrected chi connectivity index (χ3v) is 7.08. The van der Waals surface area contributed by atoms with Crippen LogP contribution >= 0.6 is 23.7 Å². The Balaban J connectivity index is 0.00000400. The molecule has 9 nitrogen and oxygen atoms in total. The van der Waals surface area contributed by atoms with Gasteiger partial charge < -0.3 is 28.6 Å². The summed E-state index contributed by atoms with van der Waals surface area (Å²) < 4.78 is 29.5. The first-order valence-electron chi connectivity index (χ1n) is 12.8. The minimum atomic E-state index is -0.184. The topological polar surface area (TPSA) is 82.6 Å². The minimum absolute atomic E-state index is 0. The lowest BCUT2D eigenvalue weighted by Crippen LogP contribution is -2.38. The van der Waals surface area contributed by atoms with Crippen molar-refractivity contribution >= 4 is 45.0 Å². The molecule has 2 heterocycles. The number of anilines is 1. The van der Waals surface area contributed by atoms with Gasteiger partial charge in [-0.1, -0.05) is 25.2 Å². The summed E-state index contributed by atoms with van der Waals surface area (Å²) in [4.78, 5) is 22.9. The summed E-state index contributed by atoms with van der Waals surface area (Å²) in [6, 6.07) is 7.24. The molecule has 0 fully saturated rings. The van der Waals surface area contributed by atoms with Crippen molar-refractivity contribution in [2.45, 2.75) is 34.6 Å². The van der Waals surface area contributed by atoms with E-state index in [1.165, 1.54) is 11.3 Å². The molecule has 3 aromatic rings. The van der Waals surface area contributed by atoms with Crippen molar-refractivity contribution < 1.29 is 28.5 Å². The predicted octanol–water partition coefficient (Wildman–Crippen LogP) is 5.63. The van der Waals surface area contributed by atoms with Gasteiger partial charge in [-0.15, -0.1) is 12.4 Å². The van der Waals surface area contributed by atoms with E-state index in [-0.39, 0.29) is 25.1 Å². The Morgan fingerprint density at radius 1 is 0.895 bits per heavy atom. The van der Waals surface area contributed by atoms with Gasteiger partial charge in [0.15, 0.2) is 28.1 Å². The molecule has 0 saturated heterocycles. The number of aromatic nitrogens is 1. The average molecular weight is 566 g/mol. The maximum atomic E-state index is 14.1. The van der Waals surface area contributed by atoms with Gasteiger partial charge in [0.1, 0.15) is 0 Å². The number of carbonyl (C=O) groups excluding carboxylic acids is 1. The van der Waals surface area contributed by atoms with Crippen LogP contribution in [0.25, 0.3) is 10.2 Å². The standard InChI is InChI=1S/C27H35N3O6S.ClH/c1-6-29(7-2)11-12-30(27-28-19-15-20-21(36-17-35-20)16-24(19)37-27)26(31)18-13-22(32-8-3)25(34-10-5)23(14-18)33-9-4;/h13-16H,6-12,17H2,1-5H3;1H. The number of ether oxygens (including phenoxy) is 5. The molecule has 0 spiro atoms. The van der Waals surface area contributed by atoms with Crippen LogP contribution in [0, 0.1) is 0 Å². The van der Waals surface area contributed by atoms with Gasteiger partial charge in [-0.3, -0.25) is 9.69 Å². The highest BCUT2D eigenvalue weighted by Gasteiger charge is 2.26. The summed E-state index contributed by atoms with van der Waals surface area (Å²) in [5.74, 6) is 2.65. The third-order valence-electron chi connectivity index (χ3n) is 6.04. The number of likely N-dealkylation sites (N-methyl/N-ethyl adjacent to an activating group) is 1. The molecule has 1 aliphatic rings. The molecule has 0 unspecified atom stereocenters. The fraction of sp³-hybridized carbons (Fsp3) is 0.481. The summed E-state index contributed by atoms with van der Waals surface area (Å²) in [5.41, 5.74) is 1.21. The second-order valence-electron chi connectivity index (χ2n) is 8.25. The first-order valence-corrected chi connectivity index (χ1v) is 13.6. The molecule has 0 N–H and O–H groups in total. The Hall–Kier alpha value is -2.95. The SMILES string of the molecule is CCOc1cc(C(=O)N(CCN(CC)CC)c2nc3cc4c(cc3s2)OCO4)cc(OCC)c1OCC.Cl. The highest BCUT2D eigenvalue weighted by molar-refractivity contribution is 7.22. The number of hydrogen-bond acceptors (Lipinski definition) is 9. The highest BCUT2D eigenvalue weighted by Crippen LogP contribution is 2.42. The molecule has 1 aliphatic heterocycles. The lowest BCUT2D eigenvalue weighted by atomic mass is 10.1. The number of carbonyl (C=O) groups is 1. The maximum absolute atomic E-state index is 14.1. The molecule has 1 aromatic heterocycles. The second kappa shape index (κ2) is 13.7. The van der Waals surface area contributed by atoms with Gasteiger partial charge in [0, 0.05) is 30.8 Å². The molecule has 0 bridgehead atoms. The van der Waals surface area contributed by atoms with Crippen molar-refractivity contribution in [3.8, 4) is 28.7 Å². The van der Waals surface area contributed by atoms with Crippen molar-refractivity contribution in [2.24, 2.45) is 0 Å². The number of nitrogens with zero attached hydrogens (tertiary/aromatic N) is 3. The zero-order chi connectivity index (χ0) is 26.4. The number of benzene rings is 2. The Morgan fingerprint density at radius 3 is 2.08 bits per heavy atom. The number of rotatable bonds is 13. The summed E-state index contributed by atoms with van der Waals surface area (Å²) in [5, 5.41) is 0.612. The lowest BCUT2D eigenvalue weighted by molar-refractivity contribution is 0.0982. The molecule has 4 rings (SSSR count). The molecule has 1 amide bonds. The minimum Gasteiger partial charge on any atom is -0.490 e. The molecule has 208 valence electrons. The van der Waals surface area contributed by atoms with E-state index >= 15 is 0 Å². The van der Waals surface area contributed by atoms with E-state index in [4.69, 9.17) is 28.7 Å². The van der Waals surface area contributed by atoms with Crippen LogP contribution in [0.1, 0.15) is 45.0 Å².